The minimum absolute atomic E-state index is 0.105. The summed E-state index contributed by atoms with van der Waals surface area (Å²) in [6.07, 6.45) is 6.54. The Hall–Kier alpha value is -4.15. The monoisotopic (exact) mass is 755 g/mol. The van der Waals surface area contributed by atoms with Crippen LogP contribution in [0.2, 0.25) is 10.6 Å². The average Bonchev–Trinajstić information content (AvgIpc) is 3.65. The Morgan fingerprint density at radius 1 is 0.792 bits per heavy atom. The van der Waals surface area contributed by atoms with Crippen molar-refractivity contribution in [2.45, 2.75) is 0 Å². The lowest BCUT2D eigenvalue weighted by Gasteiger charge is -2.27. The summed E-state index contributed by atoms with van der Waals surface area (Å²) in [6, 6.07) is 3.79. The summed E-state index contributed by atoms with van der Waals surface area (Å²) in [5.41, 5.74) is 4.19. The summed E-state index contributed by atoms with van der Waals surface area (Å²) in [5, 5.41) is 1.89. The quantitative estimate of drug-likeness (QED) is 0.167. The summed E-state index contributed by atoms with van der Waals surface area (Å²) in [7, 11) is 3.40. The van der Waals surface area contributed by atoms with Crippen molar-refractivity contribution >= 4 is 107 Å². The van der Waals surface area contributed by atoms with Crippen LogP contribution in [-0.4, -0.2) is 107 Å². The van der Waals surface area contributed by atoms with Crippen LogP contribution < -0.4 is 9.80 Å². The fourth-order valence-corrected chi connectivity index (χ4v) is 6.01. The number of likely N-dealkylation sites (N-methyl/N-ethyl adjacent to an activating group) is 1. The van der Waals surface area contributed by atoms with E-state index in [0.29, 0.717) is 84.8 Å². The molecule has 0 radical (unpaired) electrons. The minimum atomic E-state index is -0.105. The molecule has 0 bridgehead atoms. The molecule has 2 aliphatic rings. The fraction of sp³-hybridized carbons (Fsp3) is 0.323. The molecule has 0 saturated carbocycles. The molecule has 17 heteroatoms. The van der Waals surface area contributed by atoms with Gasteiger partial charge >= 0.3 is 0 Å². The minimum Gasteiger partial charge on any atom is -0.432 e. The van der Waals surface area contributed by atoms with Crippen LogP contribution >= 0.6 is 39.1 Å². The van der Waals surface area contributed by atoms with Gasteiger partial charge in [-0.2, -0.15) is 9.97 Å². The number of morpholine rings is 2. The van der Waals surface area contributed by atoms with E-state index in [2.05, 4.69) is 55.6 Å². The molecular weight excluding hydrogens is 729 g/mol. The topological polar surface area (TPSA) is 149 Å². The lowest BCUT2D eigenvalue weighted by molar-refractivity contribution is -0.123. The molecule has 2 aliphatic heterocycles. The van der Waals surface area contributed by atoms with E-state index >= 15 is 0 Å². The van der Waals surface area contributed by atoms with E-state index in [9.17, 15) is 4.79 Å². The Kier molecular flexibility index (Phi) is 9.29. The second kappa shape index (κ2) is 13.8. The van der Waals surface area contributed by atoms with Gasteiger partial charge in [-0.1, -0.05) is 0 Å². The van der Waals surface area contributed by atoms with Gasteiger partial charge in [0, 0.05) is 63.2 Å². The molecule has 0 spiro atoms. The van der Waals surface area contributed by atoms with Crippen molar-refractivity contribution in [3.8, 4) is 0 Å². The number of hydrogen-bond acceptors (Lipinski definition) is 13. The largest absolute Gasteiger partial charge is 0.432 e. The molecular formula is C31H28BrCl2N9O5. The van der Waals surface area contributed by atoms with E-state index in [1.165, 1.54) is 11.0 Å². The average molecular weight is 757 g/mol. The molecule has 2 fully saturated rings. The van der Waals surface area contributed by atoms with Gasteiger partial charge < -0.3 is 33.0 Å². The number of amides is 1. The number of rotatable bonds is 4. The third kappa shape index (κ3) is 6.60. The number of anilines is 2. The number of aromatic nitrogens is 6. The van der Waals surface area contributed by atoms with Gasteiger partial charge in [0.2, 0.25) is 27.9 Å². The smallest absolute Gasteiger partial charge is 0.246 e. The number of ether oxygens (including phenoxy) is 2. The van der Waals surface area contributed by atoms with Crippen LogP contribution in [0.15, 0.2) is 43.9 Å². The van der Waals surface area contributed by atoms with E-state index in [1.54, 1.807) is 32.6 Å². The van der Waals surface area contributed by atoms with E-state index < -0.39 is 0 Å². The third-order valence-corrected chi connectivity index (χ3v) is 8.49. The summed E-state index contributed by atoms with van der Waals surface area (Å²) in [4.78, 5) is 43.4. The summed E-state index contributed by atoms with van der Waals surface area (Å²) >= 11 is 15.7. The van der Waals surface area contributed by atoms with E-state index in [0.717, 1.165) is 33.9 Å². The second-order valence-electron chi connectivity index (χ2n) is 11.1. The second-order valence-corrected chi connectivity index (χ2v) is 12.7. The Bertz CT molecular complexity index is 2180. The van der Waals surface area contributed by atoms with Crippen molar-refractivity contribution in [1.82, 2.24) is 34.8 Å². The number of fused-ring (bicyclic) bond motifs is 6. The summed E-state index contributed by atoms with van der Waals surface area (Å²) < 4.78 is 23.4. The number of carbonyl (C=O) groups is 1. The first-order valence-corrected chi connectivity index (χ1v) is 16.5. The summed E-state index contributed by atoms with van der Waals surface area (Å²) in [5.74, 6) is 1.24. The predicted molar refractivity (Wildman–Crippen MR) is 186 cm³/mol. The third-order valence-electron chi connectivity index (χ3n) is 7.72. The van der Waals surface area contributed by atoms with Crippen LogP contribution in [-0.2, 0) is 14.3 Å². The predicted octanol–water partition coefficient (Wildman–Crippen LogP) is 5.39. The van der Waals surface area contributed by atoms with Gasteiger partial charge in [0.1, 0.15) is 11.0 Å². The van der Waals surface area contributed by atoms with Gasteiger partial charge in [-0.05, 0) is 62.9 Å². The van der Waals surface area contributed by atoms with Crippen molar-refractivity contribution in [2.75, 3.05) is 76.5 Å². The van der Waals surface area contributed by atoms with E-state index in [1.807, 2.05) is 12.1 Å². The van der Waals surface area contributed by atoms with Crippen molar-refractivity contribution < 1.29 is 23.1 Å². The lowest BCUT2D eigenvalue weighted by atomic mass is 10.2. The van der Waals surface area contributed by atoms with Gasteiger partial charge in [-0.25, -0.2) is 19.9 Å². The Morgan fingerprint density at radius 2 is 1.29 bits per heavy atom. The maximum absolute atomic E-state index is 11.8. The van der Waals surface area contributed by atoms with Gasteiger partial charge in [0.15, 0.2) is 22.8 Å². The van der Waals surface area contributed by atoms with Gasteiger partial charge in [0.25, 0.3) is 0 Å². The number of hydrogen-bond donors (Lipinski definition) is 0. The molecule has 0 atom stereocenters. The molecule has 6 aromatic rings. The molecule has 0 aliphatic carbocycles. The highest BCUT2D eigenvalue weighted by Gasteiger charge is 2.23. The van der Waals surface area contributed by atoms with Crippen molar-refractivity contribution in [2.24, 2.45) is 0 Å². The molecule has 0 unspecified atom stereocenters. The number of halogens is 3. The lowest BCUT2D eigenvalue weighted by Crippen LogP contribution is -2.36. The molecule has 1 amide bonds. The van der Waals surface area contributed by atoms with Crippen LogP contribution in [0.1, 0.15) is 5.56 Å². The van der Waals surface area contributed by atoms with Gasteiger partial charge in [-0.3, -0.25) is 4.79 Å². The molecule has 0 aromatic carbocycles. The van der Waals surface area contributed by atoms with Crippen molar-refractivity contribution in [1.29, 1.82) is 0 Å². The van der Waals surface area contributed by atoms with Gasteiger partial charge in [0.05, 0.1) is 37.2 Å². The molecule has 48 heavy (non-hydrogen) atoms. The molecule has 2 saturated heterocycles. The first-order valence-electron chi connectivity index (χ1n) is 15.0. The zero-order valence-electron chi connectivity index (χ0n) is 25.8. The maximum atomic E-state index is 11.8. The first kappa shape index (κ1) is 32.4. The highest BCUT2D eigenvalue weighted by Crippen LogP contribution is 2.35. The molecule has 248 valence electrons. The standard InChI is InChI=1S/C18H18ClN5O3.C13H10BrClN4O2/c1-23(2)13(25)4-3-11-9-12-14-15(27-17(12)20-10-11)16(22-18(19)21-14)24-5-7-26-8-6-24;14-7-5-8-9-10(21-12(8)16-6-7)11(18-13(15)17-9)19-1-3-20-4-2-19/h3-4,9-10H,5-8H2,1-2H3;5-6H,1-4H2/b4-3+;. The Balaban J connectivity index is 0.000000156. The van der Waals surface area contributed by atoms with Crippen LogP contribution in [0.25, 0.3) is 50.5 Å². The zero-order chi connectivity index (χ0) is 33.4. The number of nitrogens with zero attached hydrogens (tertiary/aromatic N) is 9. The zero-order valence-corrected chi connectivity index (χ0v) is 28.9. The molecule has 0 N–H and O–H groups in total. The van der Waals surface area contributed by atoms with E-state index in [-0.39, 0.29) is 16.5 Å². The van der Waals surface area contributed by atoms with Crippen molar-refractivity contribution in [3.05, 3.63) is 51.2 Å². The van der Waals surface area contributed by atoms with Crippen LogP contribution in [0.5, 0.6) is 0 Å². The normalized spacial score (nSPS) is 15.5. The van der Waals surface area contributed by atoms with Crippen LogP contribution in [0.4, 0.5) is 11.6 Å². The van der Waals surface area contributed by atoms with Crippen LogP contribution in [0, 0.1) is 0 Å². The number of furan rings is 2. The SMILES string of the molecule is CN(C)C(=O)/C=C/c1cnc2oc3c(N4CCOCC4)nc(Cl)nc3c2c1.Clc1nc(N2CCOCC2)c2oc3ncc(Br)cc3c2n1. The van der Waals surface area contributed by atoms with E-state index in [4.69, 9.17) is 41.5 Å². The fourth-order valence-electron chi connectivity index (χ4n) is 5.35. The summed E-state index contributed by atoms with van der Waals surface area (Å²) in [6.45, 7) is 5.46. The Labute approximate surface area is 291 Å². The first-order chi connectivity index (χ1) is 23.2. The molecule has 8 heterocycles. The molecule has 6 aromatic heterocycles. The van der Waals surface area contributed by atoms with Crippen LogP contribution in [0.3, 0.4) is 0 Å². The highest BCUT2D eigenvalue weighted by atomic mass is 79.9. The molecule has 14 nitrogen and oxygen atoms in total. The number of pyridine rings is 2. The number of carbonyl (C=O) groups excluding carboxylic acids is 1. The van der Waals surface area contributed by atoms with Crippen molar-refractivity contribution in [3.63, 3.8) is 0 Å². The van der Waals surface area contributed by atoms with Gasteiger partial charge in [-0.15, -0.1) is 0 Å². The maximum Gasteiger partial charge on any atom is 0.246 e. The molecule has 8 rings (SSSR count). The Morgan fingerprint density at radius 3 is 1.81 bits per heavy atom. The highest BCUT2D eigenvalue weighted by molar-refractivity contribution is 9.10.